The number of rotatable bonds is 6. The molecule has 0 spiro atoms. The maximum Gasteiger partial charge on any atom is 0.254 e. The predicted molar refractivity (Wildman–Crippen MR) is 95.5 cm³/mol. The van der Waals surface area contributed by atoms with Gasteiger partial charge in [-0.15, -0.1) is 0 Å². The van der Waals surface area contributed by atoms with Crippen molar-refractivity contribution >= 4 is 5.91 Å². The fourth-order valence-electron chi connectivity index (χ4n) is 2.99. The zero-order chi connectivity index (χ0) is 18.7. The molecular formula is C20H22FNO4. The Labute approximate surface area is 152 Å². The van der Waals surface area contributed by atoms with Crippen LogP contribution in [0.1, 0.15) is 35.3 Å². The lowest BCUT2D eigenvalue weighted by atomic mass is 10.1. The molecule has 0 unspecified atom stereocenters. The van der Waals surface area contributed by atoms with Gasteiger partial charge in [0.05, 0.1) is 19.3 Å². The van der Waals surface area contributed by atoms with E-state index in [0.717, 1.165) is 23.3 Å². The standard InChI is InChI=1S/C20H22FNO4/c1-4-25-18-8-13-7-12(2)26-19(13)9-14(18)11-22-20(23)16-6-5-15(24-3)10-17(16)21/h5-6,8-10,12H,4,7,11H2,1-3H3,(H,22,23)/t12-/m1/s1. The number of hydrogen-bond donors (Lipinski definition) is 1. The van der Waals surface area contributed by atoms with Crippen LogP contribution in [0, 0.1) is 5.82 Å². The van der Waals surface area contributed by atoms with Gasteiger partial charge in [0.1, 0.15) is 29.2 Å². The molecular weight excluding hydrogens is 337 g/mol. The lowest BCUT2D eigenvalue weighted by Crippen LogP contribution is -2.24. The Morgan fingerprint density at radius 3 is 2.85 bits per heavy atom. The van der Waals surface area contributed by atoms with Crippen LogP contribution in [0.15, 0.2) is 30.3 Å². The molecule has 0 saturated heterocycles. The van der Waals surface area contributed by atoms with Gasteiger partial charge in [-0.25, -0.2) is 4.39 Å². The zero-order valence-corrected chi connectivity index (χ0v) is 15.1. The van der Waals surface area contributed by atoms with E-state index in [2.05, 4.69) is 5.32 Å². The van der Waals surface area contributed by atoms with Gasteiger partial charge in [0.15, 0.2) is 0 Å². The van der Waals surface area contributed by atoms with Crippen LogP contribution < -0.4 is 19.5 Å². The summed E-state index contributed by atoms with van der Waals surface area (Å²) in [5.74, 6) is 0.753. The molecule has 0 aliphatic carbocycles. The van der Waals surface area contributed by atoms with Gasteiger partial charge in [-0.1, -0.05) is 0 Å². The summed E-state index contributed by atoms with van der Waals surface area (Å²) in [5.41, 5.74) is 1.86. The number of carbonyl (C=O) groups excluding carboxylic acids is 1. The van der Waals surface area contributed by atoms with Crippen molar-refractivity contribution in [2.75, 3.05) is 13.7 Å². The highest BCUT2D eigenvalue weighted by Gasteiger charge is 2.22. The molecule has 0 radical (unpaired) electrons. The Bertz CT molecular complexity index is 822. The molecule has 5 nitrogen and oxygen atoms in total. The second-order valence-electron chi connectivity index (χ2n) is 6.16. The van der Waals surface area contributed by atoms with E-state index in [1.807, 2.05) is 26.0 Å². The molecule has 2 aromatic rings. The molecule has 1 atom stereocenters. The molecule has 0 saturated carbocycles. The quantitative estimate of drug-likeness (QED) is 0.858. The average Bonchev–Trinajstić information content (AvgIpc) is 2.98. The predicted octanol–water partition coefficient (Wildman–Crippen LogP) is 3.49. The molecule has 2 aromatic carbocycles. The van der Waals surface area contributed by atoms with Crippen molar-refractivity contribution in [3.63, 3.8) is 0 Å². The maximum absolute atomic E-state index is 14.1. The van der Waals surface area contributed by atoms with E-state index in [1.165, 1.54) is 19.2 Å². The first-order valence-corrected chi connectivity index (χ1v) is 8.58. The Balaban J connectivity index is 1.76. The van der Waals surface area contributed by atoms with Gasteiger partial charge in [0, 0.05) is 30.2 Å². The molecule has 0 bridgehead atoms. The molecule has 26 heavy (non-hydrogen) atoms. The van der Waals surface area contributed by atoms with Crippen molar-refractivity contribution in [1.29, 1.82) is 0 Å². The Kier molecular flexibility index (Phi) is 5.30. The molecule has 6 heteroatoms. The summed E-state index contributed by atoms with van der Waals surface area (Å²) >= 11 is 0. The molecule has 1 amide bonds. The number of halogens is 1. The number of hydrogen-bond acceptors (Lipinski definition) is 4. The van der Waals surface area contributed by atoms with Crippen molar-refractivity contribution in [3.8, 4) is 17.2 Å². The van der Waals surface area contributed by atoms with Gasteiger partial charge < -0.3 is 19.5 Å². The SMILES string of the molecule is CCOc1cc2c(cc1CNC(=O)c1ccc(OC)cc1F)O[C@H](C)C2. The third kappa shape index (κ3) is 3.74. The average molecular weight is 359 g/mol. The number of carbonyl (C=O) groups is 1. The lowest BCUT2D eigenvalue weighted by Gasteiger charge is -2.13. The molecule has 0 fully saturated rings. The van der Waals surface area contributed by atoms with Crippen LogP contribution in [-0.2, 0) is 13.0 Å². The first-order chi connectivity index (χ1) is 12.5. The summed E-state index contributed by atoms with van der Waals surface area (Å²) in [6.45, 7) is 4.64. The summed E-state index contributed by atoms with van der Waals surface area (Å²) < 4.78 is 30.5. The van der Waals surface area contributed by atoms with Crippen LogP contribution in [0.2, 0.25) is 0 Å². The van der Waals surface area contributed by atoms with Gasteiger partial charge in [-0.05, 0) is 38.1 Å². The summed E-state index contributed by atoms with van der Waals surface area (Å²) in [5, 5.41) is 2.74. The molecule has 1 N–H and O–H groups in total. The summed E-state index contributed by atoms with van der Waals surface area (Å²) in [7, 11) is 1.44. The van der Waals surface area contributed by atoms with Crippen molar-refractivity contribution in [2.45, 2.75) is 32.9 Å². The second-order valence-corrected chi connectivity index (χ2v) is 6.16. The maximum atomic E-state index is 14.1. The summed E-state index contributed by atoms with van der Waals surface area (Å²) in [6, 6.07) is 7.98. The Morgan fingerprint density at radius 2 is 2.15 bits per heavy atom. The highest BCUT2D eigenvalue weighted by molar-refractivity contribution is 5.94. The van der Waals surface area contributed by atoms with Crippen LogP contribution in [0.3, 0.4) is 0 Å². The van der Waals surface area contributed by atoms with E-state index in [-0.39, 0.29) is 18.2 Å². The number of fused-ring (bicyclic) bond motifs is 1. The molecule has 1 heterocycles. The zero-order valence-electron chi connectivity index (χ0n) is 15.1. The molecule has 3 rings (SSSR count). The minimum atomic E-state index is -0.627. The topological polar surface area (TPSA) is 56.8 Å². The van der Waals surface area contributed by atoms with E-state index in [4.69, 9.17) is 14.2 Å². The number of amides is 1. The van der Waals surface area contributed by atoms with Crippen molar-refractivity contribution in [3.05, 3.63) is 52.8 Å². The molecule has 1 aliphatic heterocycles. The first kappa shape index (κ1) is 18.0. The number of methoxy groups -OCH3 is 1. The van der Waals surface area contributed by atoms with Crippen LogP contribution in [0.5, 0.6) is 17.2 Å². The first-order valence-electron chi connectivity index (χ1n) is 8.58. The third-order valence-electron chi connectivity index (χ3n) is 4.24. The van der Waals surface area contributed by atoms with Gasteiger partial charge in [0.2, 0.25) is 0 Å². The van der Waals surface area contributed by atoms with E-state index in [9.17, 15) is 9.18 Å². The Morgan fingerprint density at radius 1 is 1.35 bits per heavy atom. The molecule has 0 aromatic heterocycles. The number of nitrogens with one attached hydrogen (secondary N) is 1. The van der Waals surface area contributed by atoms with Crippen LogP contribution >= 0.6 is 0 Å². The third-order valence-corrected chi connectivity index (χ3v) is 4.24. The van der Waals surface area contributed by atoms with Gasteiger partial charge in [-0.3, -0.25) is 4.79 Å². The van der Waals surface area contributed by atoms with Crippen LogP contribution in [-0.4, -0.2) is 25.7 Å². The highest BCUT2D eigenvalue weighted by Crippen LogP contribution is 2.35. The lowest BCUT2D eigenvalue weighted by molar-refractivity contribution is 0.0946. The molecule has 1 aliphatic rings. The molecule has 138 valence electrons. The van der Waals surface area contributed by atoms with Gasteiger partial charge in [0.25, 0.3) is 5.91 Å². The smallest absolute Gasteiger partial charge is 0.254 e. The minimum Gasteiger partial charge on any atom is -0.497 e. The van der Waals surface area contributed by atoms with Crippen LogP contribution in [0.25, 0.3) is 0 Å². The van der Waals surface area contributed by atoms with Crippen molar-refractivity contribution in [1.82, 2.24) is 5.32 Å². The van der Waals surface area contributed by atoms with E-state index in [0.29, 0.717) is 18.1 Å². The summed E-state index contributed by atoms with van der Waals surface area (Å²) in [6.07, 6.45) is 0.955. The van der Waals surface area contributed by atoms with E-state index >= 15 is 0 Å². The van der Waals surface area contributed by atoms with Crippen molar-refractivity contribution in [2.24, 2.45) is 0 Å². The van der Waals surface area contributed by atoms with Gasteiger partial charge >= 0.3 is 0 Å². The van der Waals surface area contributed by atoms with E-state index in [1.54, 1.807) is 6.07 Å². The summed E-state index contributed by atoms with van der Waals surface area (Å²) in [4.78, 5) is 12.3. The Hall–Kier alpha value is -2.76. The number of benzene rings is 2. The second kappa shape index (κ2) is 7.64. The van der Waals surface area contributed by atoms with E-state index < -0.39 is 11.7 Å². The normalized spacial score (nSPS) is 15.2. The monoisotopic (exact) mass is 359 g/mol. The van der Waals surface area contributed by atoms with Crippen LogP contribution in [0.4, 0.5) is 4.39 Å². The fourth-order valence-corrected chi connectivity index (χ4v) is 2.99. The fraction of sp³-hybridized carbons (Fsp3) is 0.350. The van der Waals surface area contributed by atoms with Gasteiger partial charge in [-0.2, -0.15) is 0 Å². The van der Waals surface area contributed by atoms with Crippen molar-refractivity contribution < 1.29 is 23.4 Å². The highest BCUT2D eigenvalue weighted by atomic mass is 19.1. The number of ether oxygens (including phenoxy) is 3. The minimum absolute atomic E-state index is 0.0326. The largest absolute Gasteiger partial charge is 0.497 e.